The molecular formula is C10H23NO2S. The lowest BCUT2D eigenvalue weighted by atomic mass is 9.93. The van der Waals surface area contributed by atoms with Crippen LogP contribution in [-0.4, -0.2) is 47.5 Å². The van der Waals surface area contributed by atoms with Crippen LogP contribution in [0.4, 0.5) is 0 Å². The molecule has 0 unspecified atom stereocenters. The number of aliphatic hydroxyl groups excluding tert-OH is 2. The van der Waals surface area contributed by atoms with Crippen molar-refractivity contribution in [2.75, 3.05) is 32.6 Å². The van der Waals surface area contributed by atoms with Gasteiger partial charge in [-0.25, -0.2) is 0 Å². The smallest absolute Gasteiger partial charge is 0.0518 e. The van der Waals surface area contributed by atoms with Crippen LogP contribution in [-0.2, 0) is 0 Å². The molecule has 0 aromatic rings. The van der Waals surface area contributed by atoms with Crippen molar-refractivity contribution in [1.82, 2.24) is 5.32 Å². The van der Waals surface area contributed by atoms with Gasteiger partial charge in [0.2, 0.25) is 0 Å². The number of hydrogen-bond donors (Lipinski definition) is 3. The van der Waals surface area contributed by atoms with Gasteiger partial charge in [0.25, 0.3) is 0 Å². The minimum absolute atomic E-state index is 0.0101. The fourth-order valence-corrected chi connectivity index (χ4v) is 1.15. The Kier molecular flexibility index (Phi) is 6.05. The second-order valence-corrected chi connectivity index (χ2v) is 6.21. The lowest BCUT2D eigenvalue weighted by Gasteiger charge is -2.28. The van der Waals surface area contributed by atoms with Crippen molar-refractivity contribution in [1.29, 1.82) is 0 Å². The second-order valence-electron chi connectivity index (χ2n) is 4.69. The van der Waals surface area contributed by atoms with E-state index in [0.717, 1.165) is 6.54 Å². The van der Waals surface area contributed by atoms with E-state index in [1.165, 1.54) is 0 Å². The summed E-state index contributed by atoms with van der Waals surface area (Å²) in [4.78, 5) is 0. The van der Waals surface area contributed by atoms with Crippen molar-refractivity contribution in [2.24, 2.45) is 5.41 Å². The number of nitrogens with one attached hydrogen (secondary N) is 1. The summed E-state index contributed by atoms with van der Waals surface area (Å²) in [6.45, 7) is 7.74. The number of rotatable bonds is 7. The van der Waals surface area contributed by atoms with Crippen molar-refractivity contribution in [2.45, 2.75) is 25.5 Å². The summed E-state index contributed by atoms with van der Waals surface area (Å²) in [6.07, 6.45) is 2.08. The van der Waals surface area contributed by atoms with Crippen LogP contribution in [0.25, 0.3) is 0 Å². The zero-order valence-corrected chi connectivity index (χ0v) is 10.4. The Balaban J connectivity index is 3.83. The molecule has 0 radical (unpaired) electrons. The first-order chi connectivity index (χ1) is 6.39. The molecule has 0 heterocycles. The van der Waals surface area contributed by atoms with Crippen LogP contribution in [0, 0.1) is 5.41 Å². The van der Waals surface area contributed by atoms with Gasteiger partial charge >= 0.3 is 0 Å². The molecule has 0 aliphatic heterocycles. The van der Waals surface area contributed by atoms with Gasteiger partial charge in [0.05, 0.1) is 13.2 Å². The molecule has 4 heteroatoms. The standard InChI is InChI=1S/C10H23NO2S/c1-9(2,14-4)5-11-6-10(3,7-12)8-13/h11-13H,5-8H2,1-4H3. The number of aliphatic hydroxyl groups is 2. The molecule has 0 aliphatic carbocycles. The summed E-state index contributed by atoms with van der Waals surface area (Å²) < 4.78 is 0.200. The number of hydrogen-bond acceptors (Lipinski definition) is 4. The van der Waals surface area contributed by atoms with Gasteiger partial charge in [-0.05, 0) is 20.1 Å². The van der Waals surface area contributed by atoms with Crippen LogP contribution >= 0.6 is 11.8 Å². The quantitative estimate of drug-likeness (QED) is 0.592. The predicted octanol–water partition coefficient (Wildman–Crippen LogP) is 0.708. The van der Waals surface area contributed by atoms with E-state index in [1.807, 2.05) is 6.92 Å². The van der Waals surface area contributed by atoms with Crippen LogP contribution in [0.5, 0.6) is 0 Å². The first-order valence-corrected chi connectivity index (χ1v) is 6.09. The molecule has 0 saturated heterocycles. The largest absolute Gasteiger partial charge is 0.396 e. The van der Waals surface area contributed by atoms with Gasteiger partial charge in [-0.1, -0.05) is 6.92 Å². The maximum absolute atomic E-state index is 9.07. The normalized spacial score (nSPS) is 13.3. The van der Waals surface area contributed by atoms with E-state index in [-0.39, 0.29) is 18.0 Å². The third kappa shape index (κ3) is 5.20. The molecule has 0 aliphatic rings. The summed E-state index contributed by atoms with van der Waals surface area (Å²) in [6, 6.07) is 0. The van der Waals surface area contributed by atoms with Gasteiger partial charge in [0.1, 0.15) is 0 Å². The van der Waals surface area contributed by atoms with Crippen molar-refractivity contribution >= 4 is 11.8 Å². The molecule has 0 fully saturated rings. The lowest BCUT2D eigenvalue weighted by Crippen LogP contribution is -2.42. The van der Waals surface area contributed by atoms with Gasteiger partial charge in [0, 0.05) is 23.3 Å². The van der Waals surface area contributed by atoms with Gasteiger partial charge in [-0.3, -0.25) is 0 Å². The molecular weight excluding hydrogens is 198 g/mol. The molecule has 0 saturated carbocycles. The van der Waals surface area contributed by atoms with Crippen molar-refractivity contribution in [3.8, 4) is 0 Å². The van der Waals surface area contributed by atoms with E-state index in [9.17, 15) is 0 Å². The van der Waals surface area contributed by atoms with E-state index in [4.69, 9.17) is 10.2 Å². The summed E-state index contributed by atoms with van der Waals surface area (Å²) in [5.74, 6) is 0. The SMILES string of the molecule is CSC(C)(C)CNCC(C)(CO)CO. The third-order valence-electron chi connectivity index (χ3n) is 2.42. The Morgan fingerprint density at radius 3 is 1.93 bits per heavy atom. The molecule has 0 rings (SSSR count). The highest BCUT2D eigenvalue weighted by Gasteiger charge is 2.23. The maximum atomic E-state index is 9.07. The van der Waals surface area contributed by atoms with E-state index < -0.39 is 5.41 Å². The molecule has 0 amide bonds. The maximum Gasteiger partial charge on any atom is 0.0518 e. The second kappa shape index (κ2) is 5.95. The summed E-state index contributed by atoms with van der Waals surface area (Å²) in [7, 11) is 0. The molecule has 86 valence electrons. The Hall–Kier alpha value is 0.230. The molecule has 0 spiro atoms. The van der Waals surface area contributed by atoms with E-state index >= 15 is 0 Å². The van der Waals surface area contributed by atoms with Crippen LogP contribution in [0.2, 0.25) is 0 Å². The zero-order valence-electron chi connectivity index (χ0n) is 9.63. The van der Waals surface area contributed by atoms with Crippen molar-refractivity contribution in [3.05, 3.63) is 0 Å². The van der Waals surface area contributed by atoms with E-state index in [2.05, 4.69) is 25.4 Å². The van der Waals surface area contributed by atoms with Gasteiger partial charge in [0.15, 0.2) is 0 Å². The van der Waals surface area contributed by atoms with Gasteiger partial charge in [-0.2, -0.15) is 11.8 Å². The van der Waals surface area contributed by atoms with Crippen molar-refractivity contribution < 1.29 is 10.2 Å². The topological polar surface area (TPSA) is 52.5 Å². The average Bonchev–Trinajstić information content (AvgIpc) is 2.17. The van der Waals surface area contributed by atoms with Crippen molar-refractivity contribution in [3.63, 3.8) is 0 Å². The monoisotopic (exact) mass is 221 g/mol. The Morgan fingerprint density at radius 1 is 1.07 bits per heavy atom. The molecule has 14 heavy (non-hydrogen) atoms. The average molecular weight is 221 g/mol. The summed E-state index contributed by atoms with van der Waals surface area (Å²) >= 11 is 1.81. The first-order valence-electron chi connectivity index (χ1n) is 4.87. The van der Waals surface area contributed by atoms with E-state index in [1.54, 1.807) is 11.8 Å². The highest BCUT2D eigenvalue weighted by Crippen LogP contribution is 2.20. The highest BCUT2D eigenvalue weighted by molar-refractivity contribution is 7.99. The lowest BCUT2D eigenvalue weighted by molar-refractivity contribution is 0.0695. The first kappa shape index (κ1) is 14.2. The Labute approximate surface area is 91.3 Å². The van der Waals surface area contributed by atoms with Gasteiger partial charge < -0.3 is 15.5 Å². The summed E-state index contributed by atoms with van der Waals surface area (Å²) in [5.41, 5.74) is -0.408. The molecule has 3 N–H and O–H groups in total. The van der Waals surface area contributed by atoms with Crippen LogP contribution in [0.1, 0.15) is 20.8 Å². The van der Waals surface area contributed by atoms with Crippen LogP contribution in [0.3, 0.4) is 0 Å². The molecule has 0 atom stereocenters. The molecule has 0 bridgehead atoms. The minimum Gasteiger partial charge on any atom is -0.396 e. The molecule has 0 aromatic carbocycles. The summed E-state index contributed by atoms with van der Waals surface area (Å²) in [5, 5.41) is 21.4. The fourth-order valence-electron chi connectivity index (χ4n) is 0.899. The van der Waals surface area contributed by atoms with E-state index in [0.29, 0.717) is 6.54 Å². The highest BCUT2D eigenvalue weighted by atomic mass is 32.2. The molecule has 0 aromatic heterocycles. The Bertz CT molecular complexity index is 158. The third-order valence-corrected chi connectivity index (χ3v) is 3.67. The van der Waals surface area contributed by atoms with Gasteiger partial charge in [-0.15, -0.1) is 0 Å². The number of thioether (sulfide) groups is 1. The Morgan fingerprint density at radius 2 is 1.57 bits per heavy atom. The zero-order chi connectivity index (χ0) is 11.2. The minimum atomic E-state index is -0.408. The van der Waals surface area contributed by atoms with Crippen LogP contribution < -0.4 is 5.32 Å². The predicted molar refractivity (Wildman–Crippen MR) is 62.7 cm³/mol. The van der Waals surface area contributed by atoms with Crippen LogP contribution in [0.15, 0.2) is 0 Å². The molecule has 3 nitrogen and oxygen atoms in total. The fraction of sp³-hybridized carbons (Fsp3) is 1.00.